The molecule has 1 aliphatic heterocycles. The number of halogens is 3. The Hall–Kier alpha value is -3.93. The lowest BCUT2D eigenvalue weighted by Crippen LogP contribution is -2.45. The van der Waals surface area contributed by atoms with Gasteiger partial charge in [-0.05, 0) is 61.1 Å². The lowest BCUT2D eigenvalue weighted by molar-refractivity contribution is 0.102. The third kappa shape index (κ3) is 8.37. The normalized spacial score (nSPS) is 13.3. The fraction of sp³-hybridized carbons (Fsp3) is 0.226. The lowest BCUT2D eigenvalue weighted by Gasteiger charge is -2.32. The van der Waals surface area contributed by atoms with Crippen molar-refractivity contribution in [1.29, 1.82) is 0 Å². The maximum atomic E-state index is 13.2. The largest absolute Gasteiger partial charge is 0.506 e. The molecule has 0 spiro atoms. The molecule has 2 aromatic heterocycles. The number of anilines is 2. The standard InChI is InChI=1S/C31H31ClN6O4.2ClH/c1-36-14-16-37(17-15-36)18-19-38-13-3-5-24(31(38)42)21-7-9-22(10-8-21)29(40)35-28-25(4-2-6-26(28)39)30(41)34-27-12-11-23(32)20-33-27;;/h2-13,20,39H,14-19H2,1H3,(H,35,40)(H,33,34,41);2*1H. The number of phenols is 1. The number of rotatable bonds is 8. The third-order valence-electron chi connectivity index (χ3n) is 7.23. The molecule has 5 rings (SSSR count). The zero-order valence-corrected chi connectivity index (χ0v) is 26.3. The van der Waals surface area contributed by atoms with Crippen LogP contribution in [-0.2, 0) is 6.54 Å². The van der Waals surface area contributed by atoms with Crippen LogP contribution in [-0.4, -0.2) is 76.0 Å². The Morgan fingerprint density at radius 3 is 2.30 bits per heavy atom. The van der Waals surface area contributed by atoms with Crippen molar-refractivity contribution in [1.82, 2.24) is 19.4 Å². The zero-order valence-electron chi connectivity index (χ0n) is 23.9. The third-order valence-corrected chi connectivity index (χ3v) is 7.45. The summed E-state index contributed by atoms with van der Waals surface area (Å²) in [5, 5.41) is 16.1. The van der Waals surface area contributed by atoms with E-state index in [9.17, 15) is 19.5 Å². The van der Waals surface area contributed by atoms with Gasteiger partial charge in [-0.2, -0.15) is 0 Å². The molecule has 13 heteroatoms. The van der Waals surface area contributed by atoms with Gasteiger partial charge in [0.1, 0.15) is 11.6 Å². The highest BCUT2D eigenvalue weighted by molar-refractivity contribution is 6.30. The molecule has 10 nitrogen and oxygen atoms in total. The summed E-state index contributed by atoms with van der Waals surface area (Å²) in [5.41, 5.74) is 1.44. The van der Waals surface area contributed by atoms with Crippen LogP contribution in [0.4, 0.5) is 11.5 Å². The van der Waals surface area contributed by atoms with Crippen LogP contribution >= 0.6 is 36.4 Å². The Bertz CT molecular complexity index is 1640. The number of hydrogen-bond acceptors (Lipinski definition) is 7. The molecule has 2 aromatic carbocycles. The van der Waals surface area contributed by atoms with Gasteiger partial charge < -0.3 is 25.2 Å². The summed E-state index contributed by atoms with van der Waals surface area (Å²) < 4.78 is 1.72. The smallest absolute Gasteiger partial charge is 0.259 e. The van der Waals surface area contributed by atoms with Crippen molar-refractivity contribution >= 4 is 59.7 Å². The summed E-state index contributed by atoms with van der Waals surface area (Å²) in [6, 6.07) is 17.7. The van der Waals surface area contributed by atoms with Gasteiger partial charge in [0.25, 0.3) is 17.4 Å². The molecule has 0 unspecified atom stereocenters. The van der Waals surface area contributed by atoms with Gasteiger partial charge in [0.15, 0.2) is 0 Å². The molecule has 232 valence electrons. The number of likely N-dealkylation sites (N-methyl/N-ethyl adjacent to an activating group) is 1. The van der Waals surface area contributed by atoms with Crippen molar-refractivity contribution in [3.05, 3.63) is 106 Å². The molecule has 1 aliphatic rings. The molecule has 44 heavy (non-hydrogen) atoms. The maximum absolute atomic E-state index is 13.2. The zero-order chi connectivity index (χ0) is 29.6. The topological polar surface area (TPSA) is 120 Å². The number of para-hydroxylation sites is 1. The number of carbonyl (C=O) groups is 2. The number of pyridine rings is 2. The highest BCUT2D eigenvalue weighted by Gasteiger charge is 2.19. The van der Waals surface area contributed by atoms with Gasteiger partial charge in [-0.15, -0.1) is 24.8 Å². The maximum Gasteiger partial charge on any atom is 0.259 e. The Kier molecular flexibility index (Phi) is 12.3. The molecule has 0 atom stereocenters. The minimum absolute atomic E-state index is 0. The van der Waals surface area contributed by atoms with E-state index in [1.165, 1.54) is 30.5 Å². The second kappa shape index (κ2) is 15.7. The van der Waals surface area contributed by atoms with E-state index >= 15 is 0 Å². The van der Waals surface area contributed by atoms with E-state index in [2.05, 4.69) is 32.5 Å². The number of hydrogen-bond donors (Lipinski definition) is 3. The van der Waals surface area contributed by atoms with Gasteiger partial charge in [-0.1, -0.05) is 29.8 Å². The van der Waals surface area contributed by atoms with E-state index in [4.69, 9.17) is 11.6 Å². The predicted octanol–water partition coefficient (Wildman–Crippen LogP) is 4.86. The van der Waals surface area contributed by atoms with Crippen molar-refractivity contribution in [2.24, 2.45) is 0 Å². The molecule has 0 aliphatic carbocycles. The first-order chi connectivity index (χ1) is 20.3. The highest BCUT2D eigenvalue weighted by Crippen LogP contribution is 2.29. The Morgan fingerprint density at radius 2 is 1.61 bits per heavy atom. The molecule has 1 fully saturated rings. The predicted molar refractivity (Wildman–Crippen MR) is 178 cm³/mol. The van der Waals surface area contributed by atoms with E-state index in [-0.39, 0.29) is 53.2 Å². The fourth-order valence-corrected chi connectivity index (χ4v) is 4.85. The number of benzene rings is 2. The molecule has 0 bridgehead atoms. The number of aromatic hydroxyl groups is 1. The first kappa shape index (κ1) is 34.6. The molecule has 0 saturated carbocycles. The minimum atomic E-state index is -0.570. The van der Waals surface area contributed by atoms with Crippen LogP contribution < -0.4 is 16.2 Å². The van der Waals surface area contributed by atoms with Crippen molar-refractivity contribution in [2.45, 2.75) is 6.54 Å². The Morgan fingerprint density at radius 1 is 0.886 bits per heavy atom. The number of nitrogens with one attached hydrogen (secondary N) is 2. The summed E-state index contributed by atoms with van der Waals surface area (Å²) in [7, 11) is 2.11. The molecule has 3 heterocycles. The number of amides is 2. The summed E-state index contributed by atoms with van der Waals surface area (Å²) >= 11 is 5.85. The monoisotopic (exact) mass is 658 g/mol. The quantitative estimate of drug-likeness (QED) is 0.231. The number of aromatic nitrogens is 2. The van der Waals surface area contributed by atoms with E-state index in [1.807, 2.05) is 6.07 Å². The van der Waals surface area contributed by atoms with Gasteiger partial charge in [0.05, 0.1) is 16.3 Å². The highest BCUT2D eigenvalue weighted by atomic mass is 35.5. The van der Waals surface area contributed by atoms with Crippen LogP contribution in [0.1, 0.15) is 20.7 Å². The number of phenolic OH excluding ortho intramolecular Hbond substituents is 1. The number of nitrogens with zero attached hydrogens (tertiary/aromatic N) is 4. The van der Waals surface area contributed by atoms with Crippen LogP contribution in [0.3, 0.4) is 0 Å². The second-order valence-corrected chi connectivity index (χ2v) is 10.5. The van der Waals surface area contributed by atoms with Gasteiger partial charge in [0, 0.05) is 62.8 Å². The van der Waals surface area contributed by atoms with E-state index in [0.29, 0.717) is 28.3 Å². The minimum Gasteiger partial charge on any atom is -0.506 e. The number of carbonyl (C=O) groups excluding carboxylic acids is 2. The SMILES string of the molecule is CN1CCN(CCn2cccc(-c3ccc(C(=O)Nc4c(O)cccc4C(=O)Nc4ccc(Cl)cn4)cc3)c2=O)CC1.Cl.Cl. The fourth-order valence-electron chi connectivity index (χ4n) is 4.73. The molecule has 2 amide bonds. The van der Waals surface area contributed by atoms with Gasteiger partial charge >= 0.3 is 0 Å². The van der Waals surface area contributed by atoms with Crippen LogP contribution in [0.2, 0.25) is 5.02 Å². The Labute approximate surface area is 272 Å². The molecule has 3 N–H and O–H groups in total. The first-order valence-corrected chi connectivity index (χ1v) is 13.9. The molecular weight excluding hydrogens is 627 g/mol. The first-order valence-electron chi connectivity index (χ1n) is 13.6. The summed E-state index contributed by atoms with van der Waals surface area (Å²) in [6.07, 6.45) is 3.19. The van der Waals surface area contributed by atoms with Crippen molar-refractivity contribution < 1.29 is 14.7 Å². The van der Waals surface area contributed by atoms with Crippen LogP contribution in [0.15, 0.2) is 83.9 Å². The number of piperazine rings is 1. The van der Waals surface area contributed by atoms with Gasteiger partial charge in [-0.3, -0.25) is 19.3 Å². The van der Waals surface area contributed by atoms with E-state index < -0.39 is 11.8 Å². The van der Waals surface area contributed by atoms with Gasteiger partial charge in [0.2, 0.25) is 0 Å². The van der Waals surface area contributed by atoms with Crippen molar-refractivity contribution in [3.8, 4) is 16.9 Å². The molecular formula is C31H33Cl3N6O4. The average Bonchev–Trinajstić information content (AvgIpc) is 2.99. The van der Waals surface area contributed by atoms with E-state index in [0.717, 1.165) is 32.7 Å². The second-order valence-electron chi connectivity index (χ2n) is 10.1. The average molecular weight is 660 g/mol. The lowest BCUT2D eigenvalue weighted by atomic mass is 10.0. The van der Waals surface area contributed by atoms with Crippen LogP contribution in [0.5, 0.6) is 5.75 Å². The van der Waals surface area contributed by atoms with Crippen LogP contribution in [0.25, 0.3) is 11.1 Å². The van der Waals surface area contributed by atoms with E-state index in [1.54, 1.807) is 47.2 Å². The van der Waals surface area contributed by atoms with Crippen molar-refractivity contribution in [2.75, 3.05) is 50.4 Å². The Balaban J connectivity index is 0.00000264. The van der Waals surface area contributed by atoms with Crippen LogP contribution in [0, 0.1) is 0 Å². The molecule has 0 radical (unpaired) electrons. The summed E-state index contributed by atoms with van der Waals surface area (Å²) in [6.45, 7) is 5.42. The summed E-state index contributed by atoms with van der Waals surface area (Å²) in [4.78, 5) is 47.9. The summed E-state index contributed by atoms with van der Waals surface area (Å²) in [5.74, 6) is -1.10. The van der Waals surface area contributed by atoms with Gasteiger partial charge in [-0.25, -0.2) is 4.98 Å². The molecule has 1 saturated heterocycles. The van der Waals surface area contributed by atoms with Crippen molar-refractivity contribution in [3.63, 3.8) is 0 Å². The molecule has 4 aromatic rings.